The fourth-order valence-corrected chi connectivity index (χ4v) is 2.91. The minimum absolute atomic E-state index is 0.169. The van der Waals surface area contributed by atoms with Gasteiger partial charge in [0, 0.05) is 12.1 Å². The number of nitrogens with one attached hydrogen (secondary N) is 1. The molecule has 1 aromatic carbocycles. The summed E-state index contributed by atoms with van der Waals surface area (Å²) < 4.78 is 29.0. The van der Waals surface area contributed by atoms with Crippen LogP contribution in [0.3, 0.4) is 0 Å². The van der Waals surface area contributed by atoms with E-state index >= 15 is 0 Å². The molecule has 1 atom stereocenters. The van der Waals surface area contributed by atoms with Crippen LogP contribution in [0.4, 0.5) is 8.78 Å². The molecule has 1 N–H and O–H groups in total. The number of hydrogen-bond donors (Lipinski definition) is 1. The van der Waals surface area contributed by atoms with Crippen molar-refractivity contribution in [1.82, 2.24) is 5.32 Å². The van der Waals surface area contributed by atoms with Gasteiger partial charge in [-0.1, -0.05) is 12.1 Å². The first-order chi connectivity index (χ1) is 9.63. The van der Waals surface area contributed by atoms with Crippen molar-refractivity contribution < 1.29 is 13.5 Å². The maximum Gasteiger partial charge on any atom is 0.387 e. The van der Waals surface area contributed by atoms with Crippen LogP contribution in [-0.4, -0.2) is 12.7 Å². The van der Waals surface area contributed by atoms with Crippen LogP contribution < -0.4 is 10.1 Å². The van der Waals surface area contributed by atoms with Crippen molar-refractivity contribution >= 4 is 0 Å². The number of halogens is 2. The second-order valence-corrected chi connectivity index (χ2v) is 6.04. The Kier molecular flexibility index (Phi) is 3.92. The summed E-state index contributed by atoms with van der Waals surface area (Å²) in [5, 5.41) is 3.69. The molecule has 2 aliphatic rings. The highest BCUT2D eigenvalue weighted by atomic mass is 19.3. The second-order valence-electron chi connectivity index (χ2n) is 6.04. The molecule has 0 heterocycles. The fourth-order valence-electron chi connectivity index (χ4n) is 2.91. The Balaban J connectivity index is 1.64. The maximum absolute atomic E-state index is 12.3. The van der Waals surface area contributed by atoms with Gasteiger partial charge in [-0.25, -0.2) is 0 Å². The molecule has 110 valence electrons. The first-order valence-electron chi connectivity index (χ1n) is 7.44. The Labute approximate surface area is 118 Å². The zero-order valence-electron chi connectivity index (χ0n) is 11.7. The van der Waals surface area contributed by atoms with E-state index in [1.165, 1.54) is 25.7 Å². The zero-order valence-corrected chi connectivity index (χ0v) is 11.7. The van der Waals surface area contributed by atoms with E-state index in [1.54, 1.807) is 18.2 Å². The first kappa shape index (κ1) is 13.8. The lowest BCUT2D eigenvalue weighted by atomic mass is 10.0. The Morgan fingerprint density at radius 1 is 1.15 bits per heavy atom. The van der Waals surface area contributed by atoms with Gasteiger partial charge >= 0.3 is 6.61 Å². The molecule has 4 heteroatoms. The number of benzene rings is 1. The molecule has 2 nitrogen and oxygen atoms in total. The van der Waals surface area contributed by atoms with Gasteiger partial charge in [0.1, 0.15) is 5.75 Å². The van der Waals surface area contributed by atoms with E-state index in [-0.39, 0.29) is 11.8 Å². The third-order valence-corrected chi connectivity index (χ3v) is 4.29. The smallest absolute Gasteiger partial charge is 0.387 e. The minimum Gasteiger partial charge on any atom is -0.435 e. The Morgan fingerprint density at radius 3 is 2.35 bits per heavy atom. The summed E-state index contributed by atoms with van der Waals surface area (Å²) >= 11 is 0. The van der Waals surface area contributed by atoms with Crippen molar-refractivity contribution in [2.24, 2.45) is 11.8 Å². The largest absolute Gasteiger partial charge is 0.435 e. The van der Waals surface area contributed by atoms with Gasteiger partial charge in [0.2, 0.25) is 0 Å². The summed E-state index contributed by atoms with van der Waals surface area (Å²) in [5.74, 6) is 1.89. The number of rotatable bonds is 7. The van der Waals surface area contributed by atoms with E-state index in [1.807, 2.05) is 6.07 Å². The van der Waals surface area contributed by atoms with E-state index in [0.29, 0.717) is 6.04 Å². The Bertz CT molecular complexity index is 446. The van der Waals surface area contributed by atoms with Gasteiger partial charge in [-0.05, 0) is 62.1 Å². The quantitative estimate of drug-likeness (QED) is 0.811. The van der Waals surface area contributed by atoms with Gasteiger partial charge in [0.25, 0.3) is 0 Å². The molecule has 0 spiro atoms. The maximum atomic E-state index is 12.3. The van der Waals surface area contributed by atoms with Crippen LogP contribution in [0.25, 0.3) is 0 Å². The molecule has 0 radical (unpaired) electrons. The van der Waals surface area contributed by atoms with Crippen molar-refractivity contribution in [1.29, 1.82) is 0 Å². The lowest BCUT2D eigenvalue weighted by Gasteiger charge is -2.24. The fraction of sp³-hybridized carbons (Fsp3) is 0.625. The van der Waals surface area contributed by atoms with Crippen molar-refractivity contribution in [2.75, 3.05) is 0 Å². The summed E-state index contributed by atoms with van der Waals surface area (Å²) in [6, 6.07) is 7.79. The molecule has 3 rings (SSSR count). The average Bonchev–Trinajstić information content (AvgIpc) is 3.28. The molecule has 0 saturated heterocycles. The van der Waals surface area contributed by atoms with Gasteiger partial charge in [-0.2, -0.15) is 8.78 Å². The standard InChI is InChI=1S/C16H21F2NO/c1-10(19-15(11-5-6-11)12-7-8-12)13-3-2-4-14(9-13)20-16(17)18/h2-4,9-12,15-16,19H,5-8H2,1H3. The lowest BCUT2D eigenvalue weighted by molar-refractivity contribution is -0.0499. The second kappa shape index (κ2) is 5.68. The van der Waals surface area contributed by atoms with Crippen LogP contribution >= 0.6 is 0 Å². The SMILES string of the molecule is CC(NC(C1CC1)C1CC1)c1cccc(OC(F)F)c1. The van der Waals surface area contributed by atoms with Gasteiger partial charge in [0.05, 0.1) is 0 Å². The summed E-state index contributed by atoms with van der Waals surface area (Å²) in [6.45, 7) is -0.668. The van der Waals surface area contributed by atoms with Gasteiger partial charge < -0.3 is 10.1 Å². The number of hydrogen-bond acceptors (Lipinski definition) is 2. The molecule has 0 amide bonds. The highest BCUT2D eigenvalue weighted by molar-refractivity contribution is 5.30. The molecule has 2 aliphatic carbocycles. The van der Waals surface area contributed by atoms with Crippen LogP contribution in [0.2, 0.25) is 0 Å². The topological polar surface area (TPSA) is 21.3 Å². The number of alkyl halides is 2. The lowest BCUT2D eigenvalue weighted by Crippen LogP contribution is -2.35. The minimum atomic E-state index is -2.76. The van der Waals surface area contributed by atoms with Crippen molar-refractivity contribution in [3.63, 3.8) is 0 Å². The molecule has 0 aliphatic heterocycles. The van der Waals surface area contributed by atoms with Crippen LogP contribution in [0.1, 0.15) is 44.2 Å². The van der Waals surface area contributed by atoms with E-state index < -0.39 is 6.61 Å². The predicted octanol–water partition coefficient (Wildman–Crippen LogP) is 4.13. The van der Waals surface area contributed by atoms with Crippen molar-refractivity contribution in [2.45, 2.75) is 51.3 Å². The highest BCUT2D eigenvalue weighted by Crippen LogP contribution is 2.45. The van der Waals surface area contributed by atoms with Gasteiger partial charge in [0.15, 0.2) is 0 Å². The Morgan fingerprint density at radius 2 is 1.80 bits per heavy atom. The monoisotopic (exact) mass is 281 g/mol. The molecule has 20 heavy (non-hydrogen) atoms. The van der Waals surface area contributed by atoms with Crippen LogP contribution in [0.15, 0.2) is 24.3 Å². The molecule has 1 unspecified atom stereocenters. The third-order valence-electron chi connectivity index (χ3n) is 4.29. The highest BCUT2D eigenvalue weighted by Gasteiger charge is 2.41. The third kappa shape index (κ3) is 3.48. The zero-order chi connectivity index (χ0) is 14.1. The van der Waals surface area contributed by atoms with Crippen molar-refractivity contribution in [3.05, 3.63) is 29.8 Å². The van der Waals surface area contributed by atoms with E-state index in [4.69, 9.17) is 0 Å². The van der Waals surface area contributed by atoms with Crippen molar-refractivity contribution in [3.8, 4) is 5.75 Å². The van der Waals surface area contributed by atoms with Crippen LogP contribution in [0, 0.1) is 11.8 Å². The predicted molar refractivity (Wildman–Crippen MR) is 73.9 cm³/mol. The average molecular weight is 281 g/mol. The molecule has 2 fully saturated rings. The van der Waals surface area contributed by atoms with E-state index in [2.05, 4.69) is 17.0 Å². The Hall–Kier alpha value is -1.16. The van der Waals surface area contributed by atoms with Gasteiger partial charge in [-0.3, -0.25) is 0 Å². The molecule has 2 saturated carbocycles. The van der Waals surface area contributed by atoms with E-state index in [0.717, 1.165) is 17.4 Å². The molecular formula is C16H21F2NO. The summed E-state index contributed by atoms with van der Waals surface area (Å²) in [4.78, 5) is 0. The molecular weight excluding hydrogens is 260 g/mol. The molecule has 0 aromatic heterocycles. The van der Waals surface area contributed by atoms with E-state index in [9.17, 15) is 8.78 Å². The molecule has 1 aromatic rings. The normalized spacial score (nSPS) is 20.4. The summed E-state index contributed by atoms with van der Waals surface area (Å²) in [5.41, 5.74) is 1.01. The summed E-state index contributed by atoms with van der Waals surface area (Å²) in [6.07, 6.45) is 5.32. The van der Waals surface area contributed by atoms with Crippen LogP contribution in [0.5, 0.6) is 5.75 Å². The van der Waals surface area contributed by atoms with Crippen LogP contribution in [-0.2, 0) is 0 Å². The summed E-state index contributed by atoms with van der Waals surface area (Å²) in [7, 11) is 0. The van der Waals surface area contributed by atoms with Gasteiger partial charge in [-0.15, -0.1) is 0 Å². The first-order valence-corrected chi connectivity index (χ1v) is 7.44. The molecule has 0 bridgehead atoms. The number of ether oxygens (including phenoxy) is 1.